The van der Waals surface area contributed by atoms with Gasteiger partial charge in [0.15, 0.2) is 0 Å². The van der Waals surface area contributed by atoms with Crippen molar-refractivity contribution < 1.29 is 13.2 Å². The van der Waals surface area contributed by atoms with Crippen molar-refractivity contribution in [2.45, 2.75) is 16.9 Å². The van der Waals surface area contributed by atoms with Crippen LogP contribution in [0.5, 0.6) is 0 Å². The molecule has 0 atom stereocenters. The minimum Gasteiger partial charge on any atom is -0.381 e. The van der Waals surface area contributed by atoms with Crippen LogP contribution in [-0.4, -0.2) is 5.51 Å². The maximum absolute atomic E-state index is 12.2. The van der Waals surface area contributed by atoms with E-state index in [1.807, 2.05) is 12.1 Å². The fourth-order valence-corrected chi connectivity index (χ4v) is 2.71. The van der Waals surface area contributed by atoms with Crippen molar-refractivity contribution in [1.29, 1.82) is 0 Å². The van der Waals surface area contributed by atoms with Gasteiger partial charge in [-0.1, -0.05) is 17.7 Å². The maximum Gasteiger partial charge on any atom is 0.446 e. The summed E-state index contributed by atoms with van der Waals surface area (Å²) in [5.41, 5.74) is -2.49. The van der Waals surface area contributed by atoms with Crippen molar-refractivity contribution in [1.82, 2.24) is 0 Å². The molecule has 0 aliphatic carbocycles. The lowest BCUT2D eigenvalue weighted by Gasteiger charge is -2.09. The lowest BCUT2D eigenvalue weighted by atomic mass is 10.2. The standard InChI is InChI=1S/C14H10BrClF3NS/c15-12-7-9(1-6-13(12)16)8-20-10-2-4-11(5-3-10)21-14(17,18)19/h1-7,20H,8H2. The molecule has 7 heteroatoms. The SMILES string of the molecule is FC(F)(F)Sc1ccc(NCc2ccc(Cl)c(Br)c2)cc1. The van der Waals surface area contributed by atoms with E-state index in [1.165, 1.54) is 12.1 Å². The molecule has 2 aromatic carbocycles. The molecular weight excluding hydrogens is 387 g/mol. The van der Waals surface area contributed by atoms with Crippen molar-refractivity contribution in [3.63, 3.8) is 0 Å². The Hall–Kier alpha value is -0.850. The summed E-state index contributed by atoms with van der Waals surface area (Å²) in [6, 6.07) is 11.7. The van der Waals surface area contributed by atoms with E-state index in [0.717, 1.165) is 15.7 Å². The van der Waals surface area contributed by atoms with Gasteiger partial charge in [-0.05, 0) is 69.7 Å². The number of nitrogens with one attached hydrogen (secondary N) is 1. The maximum atomic E-state index is 12.2. The number of halogens is 5. The van der Waals surface area contributed by atoms with Crippen LogP contribution < -0.4 is 5.32 Å². The van der Waals surface area contributed by atoms with Gasteiger partial charge in [-0.2, -0.15) is 13.2 Å². The third kappa shape index (κ3) is 5.45. The molecule has 0 aliphatic heterocycles. The first kappa shape index (κ1) is 16.5. The third-order valence-corrected chi connectivity index (χ3v) is 4.52. The summed E-state index contributed by atoms with van der Waals surface area (Å²) in [6.07, 6.45) is 0. The van der Waals surface area contributed by atoms with E-state index in [2.05, 4.69) is 21.2 Å². The van der Waals surface area contributed by atoms with Crippen LogP contribution in [0.15, 0.2) is 51.8 Å². The average Bonchev–Trinajstić information content (AvgIpc) is 2.40. The first-order chi connectivity index (χ1) is 9.83. The highest BCUT2D eigenvalue weighted by molar-refractivity contribution is 9.10. The second-order valence-electron chi connectivity index (χ2n) is 4.17. The number of hydrogen-bond donors (Lipinski definition) is 1. The van der Waals surface area contributed by atoms with Crippen molar-refractivity contribution in [2.75, 3.05) is 5.32 Å². The molecule has 1 N–H and O–H groups in total. The number of thioether (sulfide) groups is 1. The average molecular weight is 397 g/mol. The molecule has 112 valence electrons. The zero-order valence-electron chi connectivity index (χ0n) is 10.5. The fourth-order valence-electron chi connectivity index (χ4n) is 1.63. The van der Waals surface area contributed by atoms with Gasteiger partial charge in [-0.3, -0.25) is 0 Å². The van der Waals surface area contributed by atoms with E-state index in [1.54, 1.807) is 18.2 Å². The first-order valence-electron chi connectivity index (χ1n) is 5.87. The van der Waals surface area contributed by atoms with Crippen LogP contribution in [0.2, 0.25) is 5.02 Å². The van der Waals surface area contributed by atoms with Crippen LogP contribution in [-0.2, 0) is 6.54 Å². The molecule has 0 unspecified atom stereocenters. The predicted molar refractivity (Wildman–Crippen MR) is 84.8 cm³/mol. The molecular formula is C14H10BrClF3NS. The Kier molecular flexibility index (Phi) is 5.46. The number of anilines is 1. The van der Waals surface area contributed by atoms with Crippen LogP contribution in [0, 0.1) is 0 Å². The van der Waals surface area contributed by atoms with Crippen molar-refractivity contribution >= 4 is 45.0 Å². The van der Waals surface area contributed by atoms with E-state index < -0.39 is 5.51 Å². The van der Waals surface area contributed by atoms with E-state index in [4.69, 9.17) is 11.6 Å². The molecule has 0 aliphatic rings. The van der Waals surface area contributed by atoms with E-state index in [9.17, 15) is 13.2 Å². The summed E-state index contributed by atoms with van der Waals surface area (Å²) >= 11 is 9.13. The van der Waals surface area contributed by atoms with Gasteiger partial charge in [0, 0.05) is 21.6 Å². The Morgan fingerprint density at radius 1 is 1.10 bits per heavy atom. The molecule has 0 radical (unpaired) electrons. The minimum absolute atomic E-state index is 0.121. The summed E-state index contributed by atoms with van der Waals surface area (Å²) in [5, 5.41) is 3.77. The van der Waals surface area contributed by atoms with Crippen LogP contribution in [0.1, 0.15) is 5.56 Å². The number of rotatable bonds is 4. The highest BCUT2D eigenvalue weighted by atomic mass is 79.9. The molecule has 0 heterocycles. The Balaban J connectivity index is 1.96. The van der Waals surface area contributed by atoms with E-state index >= 15 is 0 Å². The molecule has 0 spiro atoms. The second-order valence-corrected chi connectivity index (χ2v) is 6.57. The predicted octanol–water partition coefficient (Wildman–Crippen LogP) is 6.33. The lowest BCUT2D eigenvalue weighted by Crippen LogP contribution is -2.00. The Labute approximate surface area is 138 Å². The van der Waals surface area contributed by atoms with Gasteiger partial charge in [0.25, 0.3) is 0 Å². The van der Waals surface area contributed by atoms with Gasteiger partial charge in [0.2, 0.25) is 0 Å². The van der Waals surface area contributed by atoms with Gasteiger partial charge < -0.3 is 5.32 Å². The summed E-state index contributed by atoms with van der Waals surface area (Å²) in [5.74, 6) is 0. The van der Waals surface area contributed by atoms with Crippen molar-refractivity contribution in [2.24, 2.45) is 0 Å². The fraction of sp³-hybridized carbons (Fsp3) is 0.143. The van der Waals surface area contributed by atoms with Gasteiger partial charge in [-0.25, -0.2) is 0 Å². The van der Waals surface area contributed by atoms with Crippen LogP contribution in [0.4, 0.5) is 18.9 Å². The topological polar surface area (TPSA) is 12.0 Å². The molecule has 1 nitrogen and oxygen atoms in total. The Morgan fingerprint density at radius 2 is 1.76 bits per heavy atom. The number of alkyl halides is 3. The third-order valence-electron chi connectivity index (χ3n) is 2.57. The Bertz CT molecular complexity index is 617. The number of hydrogen-bond acceptors (Lipinski definition) is 2. The molecule has 2 rings (SSSR count). The normalized spacial score (nSPS) is 11.5. The smallest absolute Gasteiger partial charge is 0.381 e. The summed E-state index contributed by atoms with van der Waals surface area (Å²) in [6.45, 7) is 0.557. The van der Waals surface area contributed by atoms with Gasteiger partial charge in [0.05, 0.1) is 5.02 Å². The lowest BCUT2D eigenvalue weighted by molar-refractivity contribution is -0.0328. The molecule has 0 aromatic heterocycles. The van der Waals surface area contributed by atoms with Crippen molar-refractivity contribution in [3.8, 4) is 0 Å². The van der Waals surface area contributed by atoms with Crippen LogP contribution in [0.25, 0.3) is 0 Å². The molecule has 0 saturated heterocycles. The largest absolute Gasteiger partial charge is 0.446 e. The summed E-state index contributed by atoms with van der Waals surface area (Å²) < 4.78 is 37.4. The highest BCUT2D eigenvalue weighted by Gasteiger charge is 2.28. The van der Waals surface area contributed by atoms with Gasteiger partial charge in [-0.15, -0.1) is 0 Å². The molecule has 0 bridgehead atoms. The minimum atomic E-state index is -4.26. The Morgan fingerprint density at radius 3 is 2.33 bits per heavy atom. The first-order valence-corrected chi connectivity index (χ1v) is 7.86. The highest BCUT2D eigenvalue weighted by Crippen LogP contribution is 2.37. The van der Waals surface area contributed by atoms with E-state index in [-0.39, 0.29) is 16.7 Å². The van der Waals surface area contributed by atoms with Crippen LogP contribution in [0.3, 0.4) is 0 Å². The summed E-state index contributed by atoms with van der Waals surface area (Å²) in [4.78, 5) is 0.169. The molecule has 0 amide bonds. The zero-order valence-corrected chi connectivity index (χ0v) is 13.7. The molecule has 2 aromatic rings. The van der Waals surface area contributed by atoms with Gasteiger partial charge in [0.1, 0.15) is 0 Å². The zero-order chi connectivity index (χ0) is 15.5. The summed E-state index contributed by atoms with van der Waals surface area (Å²) in [7, 11) is 0. The number of benzene rings is 2. The van der Waals surface area contributed by atoms with E-state index in [0.29, 0.717) is 11.6 Å². The molecule has 0 saturated carbocycles. The van der Waals surface area contributed by atoms with Gasteiger partial charge >= 0.3 is 5.51 Å². The quantitative estimate of drug-likeness (QED) is 0.606. The molecule has 0 fully saturated rings. The van der Waals surface area contributed by atoms with Crippen LogP contribution >= 0.6 is 39.3 Å². The molecule has 21 heavy (non-hydrogen) atoms. The second kappa shape index (κ2) is 6.94. The monoisotopic (exact) mass is 395 g/mol. The van der Waals surface area contributed by atoms with Crippen molar-refractivity contribution in [3.05, 3.63) is 57.5 Å².